The average molecular weight is 334 g/mol. The minimum absolute atomic E-state index is 0.188. The smallest absolute Gasteiger partial charge is 0.119 e. The van der Waals surface area contributed by atoms with Gasteiger partial charge in [-0.3, -0.25) is 0 Å². The van der Waals surface area contributed by atoms with E-state index in [4.69, 9.17) is 4.74 Å². The van der Waals surface area contributed by atoms with Crippen LogP contribution in [0.1, 0.15) is 30.5 Å². The van der Waals surface area contributed by atoms with Crippen molar-refractivity contribution in [3.05, 3.63) is 64.1 Å². The zero-order valence-electron chi connectivity index (χ0n) is 11.9. The van der Waals surface area contributed by atoms with Crippen LogP contribution in [0.3, 0.4) is 0 Å². The van der Waals surface area contributed by atoms with E-state index in [9.17, 15) is 0 Å². The lowest BCUT2D eigenvalue weighted by molar-refractivity contribution is 0.317. The average Bonchev–Trinajstić information content (AvgIpc) is 2.47. The second-order valence-electron chi connectivity index (χ2n) is 4.69. The Morgan fingerprint density at radius 1 is 1.10 bits per heavy atom. The van der Waals surface area contributed by atoms with Gasteiger partial charge in [0.25, 0.3) is 0 Å². The molecule has 2 nitrogen and oxygen atoms in total. The van der Waals surface area contributed by atoms with Crippen LogP contribution in [0.4, 0.5) is 0 Å². The fourth-order valence-corrected chi connectivity index (χ4v) is 2.61. The van der Waals surface area contributed by atoms with Gasteiger partial charge in [-0.1, -0.05) is 47.1 Å². The Kier molecular flexibility index (Phi) is 5.62. The van der Waals surface area contributed by atoms with E-state index in [0.717, 1.165) is 23.2 Å². The summed E-state index contributed by atoms with van der Waals surface area (Å²) in [5.41, 5.74) is 2.47. The molecule has 2 rings (SSSR count). The third kappa shape index (κ3) is 3.84. The first kappa shape index (κ1) is 15.1. The summed E-state index contributed by atoms with van der Waals surface area (Å²) in [6.07, 6.45) is 1.03. The third-order valence-corrected chi connectivity index (χ3v) is 3.65. The molecule has 0 amide bonds. The minimum atomic E-state index is 0.188. The van der Waals surface area contributed by atoms with Crippen LogP contribution in [0.5, 0.6) is 5.75 Å². The van der Waals surface area contributed by atoms with E-state index in [1.54, 1.807) is 0 Å². The molecule has 1 N–H and O–H groups in total. The van der Waals surface area contributed by atoms with E-state index in [2.05, 4.69) is 58.5 Å². The number of hydrogen-bond donors (Lipinski definition) is 1. The molecule has 0 fully saturated rings. The first-order valence-electron chi connectivity index (χ1n) is 6.90. The summed E-state index contributed by atoms with van der Waals surface area (Å²) >= 11 is 3.52. The molecule has 2 aromatic rings. The number of hydrogen-bond acceptors (Lipinski definition) is 2. The van der Waals surface area contributed by atoms with E-state index < -0.39 is 0 Å². The highest BCUT2D eigenvalue weighted by Crippen LogP contribution is 2.25. The van der Waals surface area contributed by atoms with Crippen molar-refractivity contribution in [2.75, 3.05) is 13.7 Å². The fraction of sp³-hybridized carbons (Fsp3) is 0.294. The van der Waals surface area contributed by atoms with Crippen LogP contribution in [-0.2, 0) is 0 Å². The molecule has 0 aliphatic carbocycles. The lowest BCUT2D eigenvalue weighted by Crippen LogP contribution is -2.17. The van der Waals surface area contributed by atoms with Gasteiger partial charge in [-0.15, -0.1) is 0 Å². The summed E-state index contributed by atoms with van der Waals surface area (Å²) in [4.78, 5) is 0. The quantitative estimate of drug-likeness (QED) is 0.837. The highest BCUT2D eigenvalue weighted by molar-refractivity contribution is 9.10. The van der Waals surface area contributed by atoms with Gasteiger partial charge in [-0.2, -0.15) is 0 Å². The highest BCUT2D eigenvalue weighted by Gasteiger charge is 2.12. The van der Waals surface area contributed by atoms with Gasteiger partial charge < -0.3 is 10.1 Å². The maximum absolute atomic E-state index is 5.62. The molecule has 0 spiro atoms. The Hall–Kier alpha value is -1.32. The summed E-state index contributed by atoms with van der Waals surface area (Å²) in [5.74, 6) is 0.930. The SMILES string of the molecule is CCCOc1ccc(C(NC)c2cccc(Br)c2)cc1. The molecule has 0 aliphatic heterocycles. The lowest BCUT2D eigenvalue weighted by Gasteiger charge is -2.18. The molecule has 1 atom stereocenters. The molecule has 0 saturated heterocycles. The Balaban J connectivity index is 2.19. The van der Waals surface area contributed by atoms with Crippen LogP contribution < -0.4 is 10.1 Å². The van der Waals surface area contributed by atoms with Gasteiger partial charge in [0.2, 0.25) is 0 Å². The highest BCUT2D eigenvalue weighted by atomic mass is 79.9. The Bertz CT molecular complexity index is 539. The summed E-state index contributed by atoms with van der Waals surface area (Å²) in [7, 11) is 1.98. The molecule has 0 aromatic heterocycles. The first-order valence-corrected chi connectivity index (χ1v) is 7.69. The van der Waals surface area contributed by atoms with E-state index in [1.807, 2.05) is 25.2 Å². The van der Waals surface area contributed by atoms with Crippen LogP contribution in [-0.4, -0.2) is 13.7 Å². The standard InChI is InChI=1S/C17H20BrNO/c1-3-11-20-16-9-7-13(8-10-16)17(19-2)14-5-4-6-15(18)12-14/h4-10,12,17,19H,3,11H2,1-2H3. The van der Waals surface area contributed by atoms with E-state index in [0.29, 0.717) is 0 Å². The van der Waals surface area contributed by atoms with Crippen molar-refractivity contribution in [3.63, 3.8) is 0 Å². The zero-order valence-corrected chi connectivity index (χ0v) is 13.5. The van der Waals surface area contributed by atoms with Crippen LogP contribution >= 0.6 is 15.9 Å². The molecule has 0 aliphatic rings. The number of nitrogens with one attached hydrogen (secondary N) is 1. The third-order valence-electron chi connectivity index (χ3n) is 3.16. The van der Waals surface area contributed by atoms with Gasteiger partial charge in [0.15, 0.2) is 0 Å². The fourth-order valence-electron chi connectivity index (χ4n) is 2.19. The molecule has 0 heterocycles. The van der Waals surface area contributed by atoms with Gasteiger partial charge >= 0.3 is 0 Å². The molecule has 0 bridgehead atoms. The number of rotatable bonds is 6. The Labute approximate surface area is 129 Å². The van der Waals surface area contributed by atoms with Crippen LogP contribution in [0.15, 0.2) is 53.0 Å². The predicted octanol–water partition coefficient (Wildman–Crippen LogP) is 4.55. The number of benzene rings is 2. The number of halogens is 1. The van der Waals surface area contributed by atoms with Gasteiger partial charge in [0.05, 0.1) is 12.6 Å². The van der Waals surface area contributed by atoms with Crippen molar-refractivity contribution in [2.45, 2.75) is 19.4 Å². The molecule has 0 radical (unpaired) electrons. The van der Waals surface area contributed by atoms with Crippen molar-refractivity contribution >= 4 is 15.9 Å². The van der Waals surface area contributed by atoms with E-state index >= 15 is 0 Å². The lowest BCUT2D eigenvalue weighted by atomic mass is 9.99. The maximum Gasteiger partial charge on any atom is 0.119 e. The monoisotopic (exact) mass is 333 g/mol. The molecule has 20 heavy (non-hydrogen) atoms. The van der Waals surface area contributed by atoms with Gasteiger partial charge in [0.1, 0.15) is 5.75 Å². The summed E-state index contributed by atoms with van der Waals surface area (Å²) in [5, 5.41) is 3.36. The van der Waals surface area contributed by atoms with Crippen molar-refractivity contribution in [3.8, 4) is 5.75 Å². The van der Waals surface area contributed by atoms with Gasteiger partial charge in [-0.25, -0.2) is 0 Å². The van der Waals surface area contributed by atoms with Gasteiger partial charge in [0, 0.05) is 4.47 Å². The van der Waals surface area contributed by atoms with E-state index in [1.165, 1.54) is 11.1 Å². The molecule has 2 aromatic carbocycles. The zero-order chi connectivity index (χ0) is 14.4. The first-order chi connectivity index (χ1) is 9.74. The predicted molar refractivity (Wildman–Crippen MR) is 87.3 cm³/mol. The van der Waals surface area contributed by atoms with Crippen molar-refractivity contribution in [1.82, 2.24) is 5.32 Å². The normalized spacial score (nSPS) is 12.2. The molecule has 1 unspecified atom stereocenters. The largest absolute Gasteiger partial charge is 0.494 e. The Morgan fingerprint density at radius 3 is 2.45 bits per heavy atom. The minimum Gasteiger partial charge on any atom is -0.494 e. The molecule has 0 saturated carbocycles. The summed E-state index contributed by atoms with van der Waals surface area (Å²) < 4.78 is 6.72. The maximum atomic E-state index is 5.62. The molecular formula is C17H20BrNO. The Morgan fingerprint density at radius 2 is 1.85 bits per heavy atom. The second-order valence-corrected chi connectivity index (χ2v) is 5.61. The van der Waals surface area contributed by atoms with Crippen molar-refractivity contribution < 1.29 is 4.74 Å². The molecule has 3 heteroatoms. The van der Waals surface area contributed by atoms with Crippen LogP contribution in [0, 0.1) is 0 Å². The topological polar surface area (TPSA) is 21.3 Å². The van der Waals surface area contributed by atoms with Crippen molar-refractivity contribution in [1.29, 1.82) is 0 Å². The van der Waals surface area contributed by atoms with Crippen molar-refractivity contribution in [2.24, 2.45) is 0 Å². The molecular weight excluding hydrogens is 314 g/mol. The van der Waals surface area contributed by atoms with E-state index in [-0.39, 0.29) is 6.04 Å². The van der Waals surface area contributed by atoms with Crippen LogP contribution in [0.2, 0.25) is 0 Å². The second kappa shape index (κ2) is 7.46. The molecule has 106 valence electrons. The number of ether oxygens (including phenoxy) is 1. The summed E-state index contributed by atoms with van der Waals surface area (Å²) in [6.45, 7) is 2.87. The van der Waals surface area contributed by atoms with Crippen LogP contribution in [0.25, 0.3) is 0 Å². The van der Waals surface area contributed by atoms with Gasteiger partial charge in [-0.05, 0) is 48.9 Å². The summed E-state index contributed by atoms with van der Waals surface area (Å²) in [6, 6.07) is 16.9.